The predicted molar refractivity (Wildman–Crippen MR) is 70.5 cm³/mol. The Morgan fingerprint density at radius 3 is 2.94 bits per heavy atom. The monoisotopic (exact) mass is 240 g/mol. The van der Waals surface area contributed by atoms with E-state index in [2.05, 4.69) is 34.6 Å². The molecule has 1 fully saturated rings. The Labute approximate surface area is 106 Å². The lowest BCUT2D eigenvalue weighted by Gasteiger charge is -2.35. The van der Waals surface area contributed by atoms with Crippen molar-refractivity contribution in [2.24, 2.45) is 0 Å². The molecule has 2 unspecified atom stereocenters. The number of fused-ring (bicyclic) bond motifs is 5. The number of aromatic amines is 1. The van der Waals surface area contributed by atoms with Crippen molar-refractivity contribution in [3.63, 3.8) is 0 Å². The first kappa shape index (κ1) is 10.2. The molecule has 1 saturated heterocycles. The average molecular weight is 240 g/mol. The normalized spacial score (nSPS) is 26.6. The molecule has 92 valence electrons. The van der Waals surface area contributed by atoms with Crippen molar-refractivity contribution in [2.75, 3.05) is 0 Å². The van der Waals surface area contributed by atoms with Crippen LogP contribution in [0.2, 0.25) is 0 Å². The topological polar surface area (TPSA) is 44.9 Å². The van der Waals surface area contributed by atoms with Crippen LogP contribution in [-0.4, -0.2) is 16.9 Å². The van der Waals surface area contributed by atoms with E-state index in [9.17, 15) is 4.79 Å². The SMILES string of the molecule is O=C1CCC2c3[nH]c4ccccc4c3CCC2N1. The van der Waals surface area contributed by atoms with Crippen molar-refractivity contribution in [2.45, 2.75) is 37.6 Å². The molecule has 0 radical (unpaired) electrons. The molecule has 2 atom stereocenters. The number of aryl methyl sites for hydroxylation is 1. The quantitative estimate of drug-likeness (QED) is 0.730. The number of carbonyl (C=O) groups is 1. The van der Waals surface area contributed by atoms with E-state index in [1.165, 1.54) is 22.2 Å². The Morgan fingerprint density at radius 2 is 2.00 bits per heavy atom. The summed E-state index contributed by atoms with van der Waals surface area (Å²) < 4.78 is 0. The van der Waals surface area contributed by atoms with E-state index in [4.69, 9.17) is 0 Å². The van der Waals surface area contributed by atoms with Crippen LogP contribution < -0.4 is 5.32 Å². The lowest BCUT2D eigenvalue weighted by molar-refractivity contribution is -0.123. The van der Waals surface area contributed by atoms with Gasteiger partial charge in [0.1, 0.15) is 0 Å². The second-order valence-corrected chi connectivity index (χ2v) is 5.42. The van der Waals surface area contributed by atoms with Crippen LogP contribution in [0.15, 0.2) is 24.3 Å². The maximum absolute atomic E-state index is 11.5. The summed E-state index contributed by atoms with van der Waals surface area (Å²) in [7, 11) is 0. The molecule has 2 N–H and O–H groups in total. The van der Waals surface area contributed by atoms with Gasteiger partial charge in [0.25, 0.3) is 0 Å². The van der Waals surface area contributed by atoms with Crippen LogP contribution in [0.1, 0.15) is 36.4 Å². The van der Waals surface area contributed by atoms with E-state index in [1.54, 1.807) is 0 Å². The van der Waals surface area contributed by atoms with Crippen molar-refractivity contribution in [1.82, 2.24) is 10.3 Å². The van der Waals surface area contributed by atoms with Crippen LogP contribution in [0, 0.1) is 0 Å². The molecule has 1 aromatic heterocycles. The molecule has 0 bridgehead atoms. The first-order valence-electron chi connectivity index (χ1n) is 6.72. The number of rotatable bonds is 0. The summed E-state index contributed by atoms with van der Waals surface area (Å²) in [6, 6.07) is 8.86. The van der Waals surface area contributed by atoms with Crippen molar-refractivity contribution < 1.29 is 4.79 Å². The van der Waals surface area contributed by atoms with E-state index < -0.39 is 0 Å². The highest BCUT2D eigenvalue weighted by Gasteiger charge is 2.35. The van der Waals surface area contributed by atoms with Crippen LogP contribution in [0.4, 0.5) is 0 Å². The van der Waals surface area contributed by atoms with E-state index in [0.717, 1.165) is 19.3 Å². The predicted octanol–water partition coefficient (Wildman–Crippen LogP) is 2.48. The summed E-state index contributed by atoms with van der Waals surface area (Å²) >= 11 is 0. The van der Waals surface area contributed by atoms with Gasteiger partial charge in [-0.25, -0.2) is 0 Å². The minimum atomic E-state index is 0.218. The van der Waals surface area contributed by atoms with Crippen LogP contribution in [-0.2, 0) is 11.2 Å². The number of para-hydroxylation sites is 1. The fourth-order valence-corrected chi connectivity index (χ4v) is 3.59. The molecule has 1 aromatic carbocycles. The summed E-state index contributed by atoms with van der Waals surface area (Å²) in [5.74, 6) is 0.703. The molecule has 2 aliphatic rings. The molecule has 0 spiro atoms. The third-order valence-corrected chi connectivity index (χ3v) is 4.44. The zero-order chi connectivity index (χ0) is 12.1. The summed E-state index contributed by atoms with van der Waals surface area (Å²) in [4.78, 5) is 15.1. The van der Waals surface area contributed by atoms with E-state index in [-0.39, 0.29) is 5.91 Å². The van der Waals surface area contributed by atoms with Gasteiger partial charge in [0, 0.05) is 35.0 Å². The van der Waals surface area contributed by atoms with Gasteiger partial charge in [-0.1, -0.05) is 18.2 Å². The minimum Gasteiger partial charge on any atom is -0.358 e. The number of hydrogen-bond donors (Lipinski definition) is 2. The van der Waals surface area contributed by atoms with Crippen LogP contribution in [0.5, 0.6) is 0 Å². The molecule has 3 heteroatoms. The van der Waals surface area contributed by atoms with Crippen molar-refractivity contribution in [1.29, 1.82) is 0 Å². The Hall–Kier alpha value is -1.77. The van der Waals surface area contributed by atoms with E-state index in [0.29, 0.717) is 18.4 Å². The Kier molecular flexibility index (Phi) is 2.04. The molecule has 18 heavy (non-hydrogen) atoms. The van der Waals surface area contributed by atoms with Crippen LogP contribution in [0.25, 0.3) is 10.9 Å². The number of H-pyrrole nitrogens is 1. The molecule has 0 saturated carbocycles. The zero-order valence-electron chi connectivity index (χ0n) is 10.2. The Morgan fingerprint density at radius 1 is 1.11 bits per heavy atom. The highest BCUT2D eigenvalue weighted by Crippen LogP contribution is 2.39. The van der Waals surface area contributed by atoms with Gasteiger partial charge in [-0.3, -0.25) is 4.79 Å². The highest BCUT2D eigenvalue weighted by molar-refractivity contribution is 5.85. The van der Waals surface area contributed by atoms with Gasteiger partial charge in [0.15, 0.2) is 0 Å². The molecular formula is C15H16N2O. The largest absolute Gasteiger partial charge is 0.358 e. The van der Waals surface area contributed by atoms with Crippen LogP contribution in [0.3, 0.4) is 0 Å². The molecule has 1 aliphatic carbocycles. The lowest BCUT2D eigenvalue weighted by Crippen LogP contribution is -2.45. The summed E-state index contributed by atoms with van der Waals surface area (Å²) in [5.41, 5.74) is 4.08. The number of aromatic nitrogens is 1. The summed E-state index contributed by atoms with van der Waals surface area (Å²) in [6.45, 7) is 0. The highest BCUT2D eigenvalue weighted by atomic mass is 16.1. The molecule has 1 aliphatic heterocycles. The van der Waals surface area contributed by atoms with Gasteiger partial charge in [0.2, 0.25) is 5.91 Å². The van der Waals surface area contributed by atoms with Crippen molar-refractivity contribution in [3.8, 4) is 0 Å². The lowest BCUT2D eigenvalue weighted by atomic mass is 9.78. The molecule has 3 nitrogen and oxygen atoms in total. The number of benzene rings is 1. The van der Waals surface area contributed by atoms with Crippen molar-refractivity contribution in [3.05, 3.63) is 35.5 Å². The van der Waals surface area contributed by atoms with E-state index in [1.807, 2.05) is 0 Å². The van der Waals surface area contributed by atoms with Crippen molar-refractivity contribution >= 4 is 16.8 Å². The maximum atomic E-state index is 11.5. The third kappa shape index (κ3) is 1.33. The van der Waals surface area contributed by atoms with Gasteiger partial charge in [0.05, 0.1) is 0 Å². The first-order valence-corrected chi connectivity index (χ1v) is 6.72. The van der Waals surface area contributed by atoms with Gasteiger partial charge >= 0.3 is 0 Å². The second kappa shape index (κ2) is 3.61. The molecule has 2 heterocycles. The number of amides is 1. The molecule has 4 rings (SSSR count). The van der Waals surface area contributed by atoms with Gasteiger partial charge in [-0.15, -0.1) is 0 Å². The number of carbonyl (C=O) groups excluding carboxylic acids is 1. The summed E-state index contributed by atoms with van der Waals surface area (Å²) in [6.07, 6.45) is 3.79. The maximum Gasteiger partial charge on any atom is 0.220 e. The number of piperidine rings is 1. The average Bonchev–Trinajstić information content (AvgIpc) is 2.77. The third-order valence-electron chi connectivity index (χ3n) is 4.44. The fourth-order valence-electron chi connectivity index (χ4n) is 3.59. The zero-order valence-corrected chi connectivity index (χ0v) is 10.2. The standard InChI is InChI=1S/C15H16N2O/c18-14-8-6-11-13(16-14)7-5-10-9-3-1-2-4-12(9)17-15(10)11/h1-4,11,13,17H,5-8H2,(H,16,18). The van der Waals surface area contributed by atoms with Gasteiger partial charge in [-0.2, -0.15) is 0 Å². The second-order valence-electron chi connectivity index (χ2n) is 5.42. The smallest absolute Gasteiger partial charge is 0.220 e. The molecule has 2 aromatic rings. The Bertz CT molecular complexity index is 628. The Balaban J connectivity index is 1.85. The van der Waals surface area contributed by atoms with E-state index >= 15 is 0 Å². The number of nitrogens with one attached hydrogen (secondary N) is 2. The fraction of sp³-hybridized carbons (Fsp3) is 0.400. The first-order chi connectivity index (χ1) is 8.83. The molecule has 1 amide bonds. The van der Waals surface area contributed by atoms with Gasteiger partial charge in [-0.05, 0) is 30.9 Å². The number of hydrogen-bond acceptors (Lipinski definition) is 1. The summed E-state index contributed by atoms with van der Waals surface area (Å²) in [5, 5.41) is 4.51. The van der Waals surface area contributed by atoms with Crippen LogP contribution >= 0.6 is 0 Å². The molecular weight excluding hydrogens is 224 g/mol. The minimum absolute atomic E-state index is 0.218. The van der Waals surface area contributed by atoms with Gasteiger partial charge < -0.3 is 10.3 Å².